The third-order valence-corrected chi connectivity index (χ3v) is 3.94. The van der Waals surface area contributed by atoms with Gasteiger partial charge in [0.05, 0.1) is 5.60 Å². The van der Waals surface area contributed by atoms with Gasteiger partial charge in [-0.3, -0.25) is 0 Å². The van der Waals surface area contributed by atoms with Gasteiger partial charge in [-0.05, 0) is 51.5 Å². The fourth-order valence-corrected chi connectivity index (χ4v) is 2.70. The van der Waals surface area contributed by atoms with Crippen molar-refractivity contribution in [2.24, 2.45) is 5.92 Å². The van der Waals surface area contributed by atoms with Crippen molar-refractivity contribution < 1.29 is 4.74 Å². The van der Waals surface area contributed by atoms with Crippen LogP contribution >= 0.6 is 0 Å². The molecule has 0 bridgehead atoms. The van der Waals surface area contributed by atoms with Gasteiger partial charge in [0.25, 0.3) is 0 Å². The average Bonchev–Trinajstić information content (AvgIpc) is 2.36. The van der Waals surface area contributed by atoms with E-state index in [1.54, 1.807) is 0 Å². The van der Waals surface area contributed by atoms with Crippen molar-refractivity contribution >= 4 is 0 Å². The third kappa shape index (κ3) is 5.71. The van der Waals surface area contributed by atoms with Crippen LogP contribution in [-0.2, 0) is 4.74 Å². The first-order valence-corrected chi connectivity index (χ1v) is 7.93. The lowest BCUT2D eigenvalue weighted by Gasteiger charge is -2.40. The topological polar surface area (TPSA) is 21.3 Å². The number of hydrogen-bond donors (Lipinski definition) is 1. The van der Waals surface area contributed by atoms with Crippen LogP contribution < -0.4 is 5.32 Å². The van der Waals surface area contributed by atoms with Crippen LogP contribution in [0.4, 0.5) is 0 Å². The van der Waals surface area contributed by atoms with Gasteiger partial charge >= 0.3 is 0 Å². The summed E-state index contributed by atoms with van der Waals surface area (Å²) in [5.74, 6) is 0.768. The summed E-state index contributed by atoms with van der Waals surface area (Å²) in [6.07, 6.45) is 5.87. The van der Waals surface area contributed by atoms with E-state index in [2.05, 4.69) is 46.9 Å². The molecule has 1 unspecified atom stereocenters. The first-order valence-electron chi connectivity index (χ1n) is 7.93. The summed E-state index contributed by atoms with van der Waals surface area (Å²) in [4.78, 5) is 0. The molecule has 1 atom stereocenters. The van der Waals surface area contributed by atoms with E-state index in [0.29, 0.717) is 6.04 Å². The molecule has 0 saturated heterocycles. The van der Waals surface area contributed by atoms with Crippen molar-refractivity contribution in [3.63, 3.8) is 0 Å². The molecule has 0 fully saturated rings. The highest BCUT2D eigenvalue weighted by Crippen LogP contribution is 2.28. The van der Waals surface area contributed by atoms with Crippen molar-refractivity contribution in [3.8, 4) is 0 Å². The minimum Gasteiger partial charge on any atom is -0.374 e. The van der Waals surface area contributed by atoms with Gasteiger partial charge in [0, 0.05) is 12.6 Å². The van der Waals surface area contributed by atoms with Crippen molar-refractivity contribution in [2.75, 3.05) is 13.2 Å². The molecule has 110 valence electrons. The van der Waals surface area contributed by atoms with Gasteiger partial charge in [0.2, 0.25) is 0 Å². The Morgan fingerprint density at radius 2 is 1.61 bits per heavy atom. The predicted octanol–water partition coefficient (Wildman–Crippen LogP) is 4.39. The molecule has 0 heterocycles. The summed E-state index contributed by atoms with van der Waals surface area (Å²) in [6.45, 7) is 15.4. The fourth-order valence-electron chi connectivity index (χ4n) is 2.70. The summed E-state index contributed by atoms with van der Waals surface area (Å²) in [7, 11) is 0. The molecule has 0 spiro atoms. The van der Waals surface area contributed by atoms with E-state index in [1.807, 2.05) is 0 Å². The van der Waals surface area contributed by atoms with Crippen LogP contribution in [0.1, 0.15) is 73.6 Å². The average molecular weight is 257 g/mol. The number of nitrogens with one attached hydrogen (secondary N) is 1. The maximum atomic E-state index is 6.16. The zero-order valence-electron chi connectivity index (χ0n) is 13.5. The Kier molecular flexibility index (Phi) is 9.76. The highest BCUT2D eigenvalue weighted by Gasteiger charge is 2.35. The normalized spacial score (nSPS) is 14.2. The molecule has 0 aliphatic rings. The van der Waals surface area contributed by atoms with E-state index < -0.39 is 0 Å². The van der Waals surface area contributed by atoms with Crippen molar-refractivity contribution in [1.29, 1.82) is 0 Å². The molecule has 0 aliphatic carbocycles. The Morgan fingerprint density at radius 1 is 1.00 bits per heavy atom. The summed E-state index contributed by atoms with van der Waals surface area (Å²) in [6, 6.07) is 0.495. The lowest BCUT2D eigenvalue weighted by atomic mass is 9.84. The molecule has 0 aliphatic heterocycles. The molecule has 0 amide bonds. The molecule has 0 saturated carbocycles. The molecular formula is C16H35NO. The molecule has 18 heavy (non-hydrogen) atoms. The molecular weight excluding hydrogens is 222 g/mol. The second-order valence-electron chi connectivity index (χ2n) is 5.68. The van der Waals surface area contributed by atoms with Gasteiger partial charge in [0.15, 0.2) is 0 Å². The lowest BCUT2D eigenvalue weighted by Crippen LogP contribution is -2.52. The minimum atomic E-state index is 0.0266. The van der Waals surface area contributed by atoms with Crippen LogP contribution in [0.3, 0.4) is 0 Å². The minimum absolute atomic E-state index is 0.0266. The zero-order chi connectivity index (χ0) is 14.0. The Labute approximate surface area is 115 Å². The van der Waals surface area contributed by atoms with Crippen LogP contribution in [0.25, 0.3) is 0 Å². The molecule has 0 aromatic carbocycles. The Morgan fingerprint density at radius 3 is 2.00 bits per heavy atom. The standard InChI is InChI=1S/C16H35NO/c1-7-13-17-15(12-11-14(5)6)16(8-2,9-3)18-10-4/h14-15,17H,7-13H2,1-6H3. The maximum Gasteiger partial charge on any atom is 0.0829 e. The van der Waals surface area contributed by atoms with Crippen LogP contribution in [0.5, 0.6) is 0 Å². The SMILES string of the molecule is CCCNC(CCC(C)C)C(CC)(CC)OCC. The van der Waals surface area contributed by atoms with Gasteiger partial charge in [-0.25, -0.2) is 0 Å². The second kappa shape index (κ2) is 9.80. The molecule has 0 aromatic heterocycles. The molecule has 1 N–H and O–H groups in total. The van der Waals surface area contributed by atoms with Crippen molar-refractivity contribution in [3.05, 3.63) is 0 Å². The summed E-state index contributed by atoms with van der Waals surface area (Å²) < 4.78 is 6.16. The third-order valence-electron chi connectivity index (χ3n) is 3.94. The zero-order valence-corrected chi connectivity index (χ0v) is 13.5. The van der Waals surface area contributed by atoms with Crippen LogP contribution in [0.15, 0.2) is 0 Å². The molecule has 0 aromatic rings. The van der Waals surface area contributed by atoms with E-state index >= 15 is 0 Å². The van der Waals surface area contributed by atoms with Crippen molar-refractivity contribution in [2.45, 2.75) is 85.3 Å². The van der Waals surface area contributed by atoms with Crippen LogP contribution in [0, 0.1) is 5.92 Å². The Hall–Kier alpha value is -0.0800. The van der Waals surface area contributed by atoms with Crippen molar-refractivity contribution in [1.82, 2.24) is 5.32 Å². The van der Waals surface area contributed by atoms with Gasteiger partial charge in [-0.1, -0.05) is 34.6 Å². The van der Waals surface area contributed by atoms with Gasteiger partial charge in [-0.2, -0.15) is 0 Å². The lowest BCUT2D eigenvalue weighted by molar-refractivity contribution is -0.0745. The monoisotopic (exact) mass is 257 g/mol. The highest BCUT2D eigenvalue weighted by atomic mass is 16.5. The molecule has 2 nitrogen and oxygen atoms in total. The summed E-state index contributed by atoms with van der Waals surface area (Å²) in [5, 5.41) is 3.73. The molecule has 2 heteroatoms. The molecule has 0 radical (unpaired) electrons. The van der Waals surface area contributed by atoms with E-state index in [4.69, 9.17) is 4.74 Å². The number of ether oxygens (including phenoxy) is 1. The van der Waals surface area contributed by atoms with Gasteiger partial charge in [0.1, 0.15) is 0 Å². The summed E-state index contributed by atoms with van der Waals surface area (Å²) in [5.41, 5.74) is 0.0266. The number of hydrogen-bond acceptors (Lipinski definition) is 2. The van der Waals surface area contributed by atoms with E-state index in [0.717, 1.165) is 31.9 Å². The predicted molar refractivity (Wildman–Crippen MR) is 81.1 cm³/mol. The quantitative estimate of drug-likeness (QED) is 0.593. The van der Waals surface area contributed by atoms with E-state index in [9.17, 15) is 0 Å². The smallest absolute Gasteiger partial charge is 0.0829 e. The second-order valence-corrected chi connectivity index (χ2v) is 5.68. The van der Waals surface area contributed by atoms with E-state index in [-0.39, 0.29) is 5.60 Å². The summed E-state index contributed by atoms with van der Waals surface area (Å²) >= 11 is 0. The van der Waals surface area contributed by atoms with Gasteiger partial charge in [-0.15, -0.1) is 0 Å². The number of rotatable bonds is 11. The van der Waals surface area contributed by atoms with Crippen LogP contribution in [-0.4, -0.2) is 24.8 Å². The Bertz CT molecular complexity index is 188. The highest BCUT2D eigenvalue weighted by molar-refractivity contribution is 4.91. The Balaban J connectivity index is 4.72. The molecule has 0 rings (SSSR count). The van der Waals surface area contributed by atoms with E-state index in [1.165, 1.54) is 19.3 Å². The van der Waals surface area contributed by atoms with Crippen LogP contribution in [0.2, 0.25) is 0 Å². The first kappa shape index (κ1) is 17.9. The maximum absolute atomic E-state index is 6.16. The first-order chi connectivity index (χ1) is 8.56. The largest absolute Gasteiger partial charge is 0.374 e. The fraction of sp³-hybridized carbons (Fsp3) is 1.00. The van der Waals surface area contributed by atoms with Gasteiger partial charge < -0.3 is 10.1 Å².